The van der Waals surface area contributed by atoms with Crippen LogP contribution in [-0.4, -0.2) is 67.2 Å². The molecule has 2 saturated carbocycles. The van der Waals surface area contributed by atoms with Gasteiger partial charge in [0, 0.05) is 28.5 Å². The van der Waals surface area contributed by atoms with Gasteiger partial charge in [-0.25, -0.2) is 14.6 Å². The summed E-state index contributed by atoms with van der Waals surface area (Å²) in [6.45, 7) is 8.54. The van der Waals surface area contributed by atoms with E-state index in [4.69, 9.17) is 37.9 Å². The molecule has 5 aromatic carbocycles. The van der Waals surface area contributed by atoms with Gasteiger partial charge in [-0.15, -0.1) is 5.11 Å². The number of thiazole rings is 1. The molecule has 0 aliphatic heterocycles. The zero-order valence-corrected chi connectivity index (χ0v) is 46.8. The van der Waals surface area contributed by atoms with Crippen LogP contribution in [0.4, 0.5) is 5.13 Å². The number of carbonyl (C=O) groups is 6. The first-order chi connectivity index (χ1) is 40.0. The number of esters is 6. The quantitative estimate of drug-likeness (QED) is 0.0140. The van der Waals surface area contributed by atoms with Gasteiger partial charge in [0.1, 0.15) is 34.5 Å². The standard InChI is InChI=1S/C64H69N3O14S/c1-3-57(68)76-39-15-7-5-13-37-74-48-29-33-50(34-30-48)78-60(70)43-21-25-45(26-22-43)62(72)80-55-41-47(42-65-67-64-66-54-19-11-12-20-56(54)82-64)59(53-18-10-9-17-52(53)55)81-63(73)46-27-23-44(24-28-46)61(71)79-51-35-31-49(32-36-51)75-38-14-6-8-16-40-77-58(69)4-2/h3-4,9-12,17-20,29-36,41,43-46H,1-2,5-8,13-16,21-28,37-40,42H2. The normalized spacial score (nSPS) is 16.9. The van der Waals surface area contributed by atoms with Gasteiger partial charge in [0.05, 0.1) is 66.9 Å². The van der Waals surface area contributed by atoms with E-state index in [9.17, 15) is 28.8 Å². The molecular formula is C64H69N3O14S. The Balaban J connectivity index is 0.835. The first kappa shape index (κ1) is 59.9. The minimum atomic E-state index is -0.488. The van der Waals surface area contributed by atoms with E-state index in [1.807, 2.05) is 42.5 Å². The molecule has 0 atom stereocenters. The van der Waals surface area contributed by atoms with Crippen molar-refractivity contribution in [3.8, 4) is 34.5 Å². The summed E-state index contributed by atoms with van der Waals surface area (Å²) < 4.78 is 46.7. The molecule has 82 heavy (non-hydrogen) atoms. The molecule has 18 heteroatoms. The average Bonchev–Trinajstić information content (AvgIpc) is 3.75. The van der Waals surface area contributed by atoms with E-state index >= 15 is 0 Å². The molecule has 1 aromatic heterocycles. The predicted molar refractivity (Wildman–Crippen MR) is 308 cm³/mol. The molecule has 1 heterocycles. The fourth-order valence-electron chi connectivity index (χ4n) is 9.84. The summed E-state index contributed by atoms with van der Waals surface area (Å²) in [4.78, 5) is 81.7. The van der Waals surface area contributed by atoms with E-state index in [2.05, 4.69) is 28.4 Å². The summed E-state index contributed by atoms with van der Waals surface area (Å²) in [7, 11) is 0. The SMILES string of the molecule is C=CC(=O)OCCCCCCOc1ccc(OC(=O)C2CCC(C(=O)Oc3cc(CN=Nc4nc5ccccc5s4)c(OC(=O)C4CCC(C(=O)Oc5ccc(OCCCCCCOC(=O)C=C)cc5)CC4)c4ccccc34)CC2)cc1. The molecular weight excluding hydrogens is 1070 g/mol. The lowest BCUT2D eigenvalue weighted by molar-refractivity contribution is -0.145. The number of hydrogen-bond donors (Lipinski definition) is 0. The van der Waals surface area contributed by atoms with Crippen LogP contribution >= 0.6 is 11.3 Å². The van der Waals surface area contributed by atoms with Crippen molar-refractivity contribution in [2.24, 2.45) is 33.9 Å². The Morgan fingerprint density at radius 1 is 0.500 bits per heavy atom. The highest BCUT2D eigenvalue weighted by molar-refractivity contribution is 7.21. The van der Waals surface area contributed by atoms with Crippen molar-refractivity contribution in [2.45, 2.75) is 109 Å². The number of hydrogen-bond acceptors (Lipinski definition) is 18. The average molecular weight is 1140 g/mol. The molecule has 430 valence electrons. The van der Waals surface area contributed by atoms with Crippen LogP contribution in [0.2, 0.25) is 0 Å². The van der Waals surface area contributed by atoms with Crippen LogP contribution in [0.5, 0.6) is 34.5 Å². The van der Waals surface area contributed by atoms with Gasteiger partial charge < -0.3 is 37.9 Å². The minimum absolute atomic E-state index is 0.0280. The molecule has 0 unspecified atom stereocenters. The smallest absolute Gasteiger partial charge is 0.330 e. The fourth-order valence-corrected chi connectivity index (χ4v) is 10.6. The molecule has 2 aliphatic rings. The third kappa shape index (κ3) is 17.9. The van der Waals surface area contributed by atoms with E-state index in [0.29, 0.717) is 122 Å². The Hall–Kier alpha value is -8.25. The second kappa shape index (κ2) is 31.1. The first-order valence-electron chi connectivity index (χ1n) is 28.2. The van der Waals surface area contributed by atoms with Gasteiger partial charge in [-0.1, -0.05) is 60.9 Å². The van der Waals surface area contributed by atoms with E-state index in [1.165, 1.54) is 11.3 Å². The van der Waals surface area contributed by atoms with Gasteiger partial charge in [-0.3, -0.25) is 19.2 Å². The number of ether oxygens (including phenoxy) is 8. The van der Waals surface area contributed by atoms with Crippen molar-refractivity contribution in [1.29, 1.82) is 0 Å². The van der Waals surface area contributed by atoms with Crippen LogP contribution in [0.25, 0.3) is 21.0 Å². The highest BCUT2D eigenvalue weighted by atomic mass is 32.1. The molecule has 2 aliphatic carbocycles. The summed E-state index contributed by atoms with van der Waals surface area (Å²) in [6, 6.07) is 30.5. The summed E-state index contributed by atoms with van der Waals surface area (Å²) in [5.74, 6) is -1.49. The highest BCUT2D eigenvalue weighted by Gasteiger charge is 2.35. The Kier molecular flexibility index (Phi) is 22.7. The van der Waals surface area contributed by atoms with Crippen molar-refractivity contribution >= 4 is 73.3 Å². The van der Waals surface area contributed by atoms with Crippen LogP contribution in [0.1, 0.15) is 108 Å². The number of azo groups is 1. The maximum absolute atomic E-state index is 14.1. The number of aromatic nitrogens is 1. The van der Waals surface area contributed by atoms with Gasteiger partial charge in [0.25, 0.3) is 0 Å². The highest BCUT2D eigenvalue weighted by Crippen LogP contribution is 2.41. The predicted octanol–water partition coefficient (Wildman–Crippen LogP) is 13.7. The molecule has 2 fully saturated rings. The summed E-state index contributed by atoms with van der Waals surface area (Å²) in [5.41, 5.74) is 1.27. The van der Waals surface area contributed by atoms with Gasteiger partial charge >= 0.3 is 35.8 Å². The van der Waals surface area contributed by atoms with Crippen LogP contribution in [-0.2, 0) is 44.8 Å². The second-order valence-electron chi connectivity index (χ2n) is 20.3. The zero-order valence-electron chi connectivity index (χ0n) is 46.0. The number of fused-ring (bicyclic) bond motifs is 2. The van der Waals surface area contributed by atoms with Crippen LogP contribution in [0.3, 0.4) is 0 Å². The van der Waals surface area contributed by atoms with Gasteiger partial charge in [-0.05, 0) is 169 Å². The third-order valence-electron chi connectivity index (χ3n) is 14.4. The summed E-state index contributed by atoms with van der Waals surface area (Å²) >= 11 is 1.39. The monoisotopic (exact) mass is 1140 g/mol. The van der Waals surface area contributed by atoms with Crippen molar-refractivity contribution < 1.29 is 66.7 Å². The Labute approximate surface area is 481 Å². The fraction of sp³-hybridized carbons (Fsp3) is 0.391. The maximum Gasteiger partial charge on any atom is 0.330 e. The number of benzene rings is 5. The van der Waals surface area contributed by atoms with E-state index in [-0.39, 0.29) is 35.9 Å². The molecule has 0 amide bonds. The number of unbranched alkanes of at least 4 members (excludes halogenated alkanes) is 6. The lowest BCUT2D eigenvalue weighted by Gasteiger charge is -2.27. The molecule has 0 N–H and O–H groups in total. The van der Waals surface area contributed by atoms with Crippen molar-refractivity contribution in [3.05, 3.63) is 134 Å². The van der Waals surface area contributed by atoms with Crippen LogP contribution in [0, 0.1) is 23.7 Å². The van der Waals surface area contributed by atoms with Gasteiger partial charge in [0.2, 0.25) is 5.13 Å². The molecule has 17 nitrogen and oxygen atoms in total. The Morgan fingerprint density at radius 2 is 0.927 bits per heavy atom. The topological polar surface area (TPSA) is 214 Å². The Bertz CT molecular complexity index is 3140. The van der Waals surface area contributed by atoms with Crippen molar-refractivity contribution in [1.82, 2.24) is 4.98 Å². The van der Waals surface area contributed by atoms with Crippen LogP contribution in [0.15, 0.2) is 139 Å². The van der Waals surface area contributed by atoms with Gasteiger partial charge in [-0.2, -0.15) is 5.11 Å². The van der Waals surface area contributed by atoms with Crippen LogP contribution < -0.4 is 28.4 Å². The zero-order chi connectivity index (χ0) is 57.5. The first-order valence-corrected chi connectivity index (χ1v) is 29.0. The second-order valence-corrected chi connectivity index (χ2v) is 21.3. The third-order valence-corrected chi connectivity index (χ3v) is 15.4. The largest absolute Gasteiger partial charge is 0.494 e. The number of para-hydroxylation sites is 1. The molecule has 6 aromatic rings. The number of rotatable bonds is 29. The number of carbonyl (C=O) groups excluding carboxylic acids is 6. The lowest BCUT2D eigenvalue weighted by atomic mass is 9.82. The van der Waals surface area contributed by atoms with Crippen molar-refractivity contribution in [2.75, 3.05) is 26.4 Å². The Morgan fingerprint density at radius 3 is 1.41 bits per heavy atom. The summed E-state index contributed by atoms with van der Waals surface area (Å²) in [5, 5.41) is 10.5. The molecule has 0 radical (unpaired) electrons. The summed E-state index contributed by atoms with van der Waals surface area (Å²) in [6.07, 6.45) is 12.7. The minimum Gasteiger partial charge on any atom is -0.494 e. The van der Waals surface area contributed by atoms with Crippen molar-refractivity contribution in [3.63, 3.8) is 0 Å². The van der Waals surface area contributed by atoms with E-state index in [1.54, 1.807) is 60.7 Å². The van der Waals surface area contributed by atoms with E-state index < -0.39 is 41.6 Å². The molecule has 8 rings (SSSR count). The van der Waals surface area contributed by atoms with Gasteiger partial charge in [0.15, 0.2) is 0 Å². The molecule has 0 saturated heterocycles. The molecule has 0 bridgehead atoms. The lowest BCUT2D eigenvalue weighted by Crippen LogP contribution is -2.30. The molecule has 0 spiro atoms. The van der Waals surface area contributed by atoms with E-state index in [0.717, 1.165) is 73.7 Å². The number of nitrogens with zero attached hydrogens (tertiary/aromatic N) is 3. The maximum atomic E-state index is 14.1.